The third-order valence-corrected chi connectivity index (χ3v) is 2.48. The lowest BCUT2D eigenvalue weighted by Crippen LogP contribution is -2.11. The van der Waals surface area contributed by atoms with Gasteiger partial charge in [-0.1, -0.05) is 25.6 Å². The molecule has 1 unspecified atom stereocenters. The summed E-state index contributed by atoms with van der Waals surface area (Å²) in [6.45, 7) is 3.39. The van der Waals surface area contributed by atoms with E-state index in [-0.39, 0.29) is 29.2 Å². The van der Waals surface area contributed by atoms with E-state index in [2.05, 4.69) is 0 Å². The summed E-state index contributed by atoms with van der Waals surface area (Å²) in [5.41, 5.74) is -4.17. The number of carbonyl (C=O) groups is 1. The number of ketones is 1. The van der Waals surface area contributed by atoms with Gasteiger partial charge in [-0.05, 0) is 6.42 Å². The molecule has 0 aliphatic rings. The average Bonchev–Trinajstić information content (AvgIpc) is 2.00. The van der Waals surface area contributed by atoms with Crippen LogP contribution in [0, 0.1) is 5.92 Å². The minimum atomic E-state index is -4.17. The fraction of sp³-hybridized carbons (Fsp3) is 0.875. The van der Waals surface area contributed by atoms with Gasteiger partial charge in [0.1, 0.15) is 5.78 Å². The highest BCUT2D eigenvalue weighted by Crippen LogP contribution is 2.31. The molecule has 0 aromatic rings. The summed E-state index contributed by atoms with van der Waals surface area (Å²) >= 11 is -0.0624. The topological polar surface area (TPSA) is 17.1 Å². The lowest BCUT2D eigenvalue weighted by molar-refractivity contribution is -0.122. The van der Waals surface area contributed by atoms with Crippen LogP contribution in [0.5, 0.6) is 0 Å². The van der Waals surface area contributed by atoms with Gasteiger partial charge < -0.3 is 0 Å². The average molecular weight is 214 g/mol. The first-order chi connectivity index (χ1) is 5.87. The first-order valence-electron chi connectivity index (χ1n) is 4.10. The van der Waals surface area contributed by atoms with Crippen LogP contribution in [0.3, 0.4) is 0 Å². The van der Waals surface area contributed by atoms with Gasteiger partial charge in [0.25, 0.3) is 0 Å². The Bertz CT molecular complexity index is 167. The lowest BCUT2D eigenvalue weighted by Gasteiger charge is -2.09. The van der Waals surface area contributed by atoms with Crippen molar-refractivity contribution >= 4 is 17.5 Å². The second kappa shape index (κ2) is 5.52. The van der Waals surface area contributed by atoms with Crippen molar-refractivity contribution in [3.8, 4) is 0 Å². The molecule has 0 saturated heterocycles. The minimum absolute atomic E-state index is 0.0303. The molecular weight excluding hydrogens is 201 g/mol. The number of Topliss-reactive ketones (excluding diaryl/α,β-unsaturated/α-hetero) is 1. The predicted molar refractivity (Wildman–Crippen MR) is 47.6 cm³/mol. The molecule has 0 saturated carbocycles. The molecular formula is C8H13F3OS. The quantitative estimate of drug-likeness (QED) is 0.698. The molecule has 0 spiro atoms. The van der Waals surface area contributed by atoms with Crippen LogP contribution in [0.4, 0.5) is 13.2 Å². The molecule has 0 fully saturated rings. The number of halogens is 3. The molecule has 78 valence electrons. The first kappa shape index (κ1) is 12.8. The van der Waals surface area contributed by atoms with E-state index < -0.39 is 5.51 Å². The smallest absolute Gasteiger partial charge is 0.299 e. The van der Waals surface area contributed by atoms with Gasteiger partial charge in [0, 0.05) is 18.1 Å². The highest BCUT2D eigenvalue weighted by Gasteiger charge is 2.28. The Balaban J connectivity index is 3.59. The molecule has 0 heterocycles. The Labute approximate surface area is 80.1 Å². The number of hydrogen-bond donors (Lipinski definition) is 0. The Morgan fingerprint density at radius 2 is 2.00 bits per heavy atom. The molecule has 0 radical (unpaired) electrons. The van der Waals surface area contributed by atoms with E-state index in [1.54, 1.807) is 13.8 Å². The zero-order valence-electron chi connectivity index (χ0n) is 7.65. The maximum absolute atomic E-state index is 11.7. The highest BCUT2D eigenvalue weighted by atomic mass is 32.2. The standard InChI is InChI=1S/C8H13F3OS/c1-3-7(12)6(2)4-5-13-8(9,10)11/h6H,3-5H2,1-2H3. The predicted octanol–water partition coefficient (Wildman–Crippen LogP) is 3.24. The Morgan fingerprint density at radius 3 is 2.38 bits per heavy atom. The van der Waals surface area contributed by atoms with E-state index in [1.165, 1.54) is 0 Å². The summed E-state index contributed by atoms with van der Waals surface area (Å²) in [6.07, 6.45) is 0.703. The van der Waals surface area contributed by atoms with E-state index >= 15 is 0 Å². The largest absolute Gasteiger partial charge is 0.441 e. The second-order valence-corrected chi connectivity index (χ2v) is 3.96. The normalized spacial score (nSPS) is 14.2. The SMILES string of the molecule is CCC(=O)C(C)CCSC(F)(F)F. The zero-order chi connectivity index (χ0) is 10.5. The molecule has 0 aromatic heterocycles. The van der Waals surface area contributed by atoms with Crippen LogP contribution in [0.15, 0.2) is 0 Å². The van der Waals surface area contributed by atoms with Gasteiger partial charge in [0.05, 0.1) is 0 Å². The van der Waals surface area contributed by atoms with Crippen LogP contribution in [0.2, 0.25) is 0 Å². The van der Waals surface area contributed by atoms with E-state index in [9.17, 15) is 18.0 Å². The van der Waals surface area contributed by atoms with Crippen LogP contribution >= 0.6 is 11.8 Å². The third-order valence-electron chi connectivity index (χ3n) is 1.71. The maximum Gasteiger partial charge on any atom is 0.441 e. The van der Waals surface area contributed by atoms with Crippen molar-refractivity contribution in [2.45, 2.75) is 32.2 Å². The van der Waals surface area contributed by atoms with Crippen LogP contribution in [-0.4, -0.2) is 17.0 Å². The van der Waals surface area contributed by atoms with E-state index in [4.69, 9.17) is 0 Å². The maximum atomic E-state index is 11.7. The van der Waals surface area contributed by atoms with E-state index in [0.717, 1.165) is 0 Å². The second-order valence-electron chi connectivity index (χ2n) is 2.80. The number of thioether (sulfide) groups is 1. The van der Waals surface area contributed by atoms with E-state index in [1.807, 2.05) is 0 Å². The Kier molecular flexibility index (Phi) is 5.44. The first-order valence-corrected chi connectivity index (χ1v) is 5.08. The van der Waals surface area contributed by atoms with Crippen molar-refractivity contribution < 1.29 is 18.0 Å². The van der Waals surface area contributed by atoms with Crippen molar-refractivity contribution in [3.63, 3.8) is 0 Å². The molecule has 1 atom stereocenters. The Hall–Kier alpha value is -0.190. The summed E-state index contributed by atoms with van der Waals surface area (Å²) in [5.74, 6) is -0.251. The Morgan fingerprint density at radius 1 is 1.46 bits per heavy atom. The summed E-state index contributed by atoms with van der Waals surface area (Å²) < 4.78 is 35.0. The highest BCUT2D eigenvalue weighted by molar-refractivity contribution is 8.00. The van der Waals surface area contributed by atoms with Gasteiger partial charge in [-0.15, -0.1) is 0 Å². The van der Waals surface area contributed by atoms with Crippen molar-refractivity contribution in [1.82, 2.24) is 0 Å². The summed E-state index contributed by atoms with van der Waals surface area (Å²) in [6, 6.07) is 0. The van der Waals surface area contributed by atoms with Gasteiger partial charge >= 0.3 is 5.51 Å². The molecule has 13 heavy (non-hydrogen) atoms. The van der Waals surface area contributed by atoms with Crippen molar-refractivity contribution in [2.24, 2.45) is 5.92 Å². The molecule has 0 aliphatic carbocycles. The molecule has 0 bridgehead atoms. The minimum Gasteiger partial charge on any atom is -0.299 e. The van der Waals surface area contributed by atoms with Gasteiger partial charge in [-0.3, -0.25) is 4.79 Å². The summed E-state index contributed by atoms with van der Waals surface area (Å²) in [7, 11) is 0. The van der Waals surface area contributed by atoms with Crippen molar-refractivity contribution in [2.75, 3.05) is 5.75 Å². The van der Waals surface area contributed by atoms with Crippen LogP contribution in [-0.2, 0) is 4.79 Å². The molecule has 5 heteroatoms. The van der Waals surface area contributed by atoms with Gasteiger partial charge in [-0.25, -0.2) is 0 Å². The van der Waals surface area contributed by atoms with Gasteiger partial charge in [0.15, 0.2) is 0 Å². The van der Waals surface area contributed by atoms with Gasteiger partial charge in [0.2, 0.25) is 0 Å². The van der Waals surface area contributed by atoms with Crippen molar-refractivity contribution in [3.05, 3.63) is 0 Å². The van der Waals surface area contributed by atoms with Crippen LogP contribution in [0.25, 0.3) is 0 Å². The molecule has 0 aliphatic heterocycles. The molecule has 0 rings (SSSR count). The lowest BCUT2D eigenvalue weighted by atomic mass is 10.0. The summed E-state index contributed by atoms with van der Waals surface area (Å²) in [4.78, 5) is 11.0. The van der Waals surface area contributed by atoms with Crippen LogP contribution in [0.1, 0.15) is 26.7 Å². The third kappa shape index (κ3) is 6.93. The summed E-state index contributed by atoms with van der Waals surface area (Å²) in [5, 5.41) is 0. The van der Waals surface area contributed by atoms with Crippen LogP contribution < -0.4 is 0 Å². The number of hydrogen-bond acceptors (Lipinski definition) is 2. The number of alkyl halides is 3. The molecule has 0 N–H and O–H groups in total. The fourth-order valence-electron chi connectivity index (χ4n) is 0.861. The zero-order valence-corrected chi connectivity index (χ0v) is 8.47. The molecule has 1 nitrogen and oxygen atoms in total. The van der Waals surface area contributed by atoms with E-state index in [0.29, 0.717) is 12.8 Å². The number of carbonyl (C=O) groups excluding carboxylic acids is 1. The molecule has 0 amide bonds. The van der Waals surface area contributed by atoms with Crippen molar-refractivity contribution in [1.29, 1.82) is 0 Å². The molecule has 0 aromatic carbocycles. The fourth-order valence-corrected chi connectivity index (χ4v) is 1.56. The van der Waals surface area contributed by atoms with Gasteiger partial charge in [-0.2, -0.15) is 13.2 Å². The monoisotopic (exact) mass is 214 g/mol. The number of rotatable bonds is 5.